The average molecular weight is 328 g/mol. The molecule has 1 atom stereocenters. The molecule has 0 radical (unpaired) electrons. The van der Waals surface area contributed by atoms with E-state index in [0.29, 0.717) is 10.9 Å². The number of halogens is 3. The van der Waals surface area contributed by atoms with Crippen molar-refractivity contribution in [2.24, 2.45) is 0 Å². The van der Waals surface area contributed by atoms with E-state index in [0.717, 1.165) is 18.6 Å². The molecule has 0 saturated heterocycles. The molecule has 1 aromatic heterocycles. The first kappa shape index (κ1) is 16.6. The van der Waals surface area contributed by atoms with Crippen LogP contribution in [0.1, 0.15) is 36.2 Å². The highest BCUT2D eigenvalue weighted by molar-refractivity contribution is 7.98. The summed E-state index contributed by atoms with van der Waals surface area (Å²) in [7, 11) is 0. The lowest BCUT2D eigenvalue weighted by atomic mass is 10.1. The minimum Gasteiger partial charge on any atom is -0.296 e. The fourth-order valence-electron chi connectivity index (χ4n) is 1.72. The molecule has 0 aliphatic carbocycles. The van der Waals surface area contributed by atoms with E-state index in [1.54, 1.807) is 0 Å². The molecule has 1 N–H and O–H groups in total. The molecule has 1 aromatic carbocycles. The van der Waals surface area contributed by atoms with Crippen LogP contribution in [0, 0.1) is 0 Å². The number of carbonyl (C=O) groups is 1. The van der Waals surface area contributed by atoms with Crippen LogP contribution < -0.4 is 4.72 Å². The number of nitrogens with one attached hydrogen (secondary N) is 1. The molecule has 0 aliphatic rings. The molecular weight excluding hydrogens is 313 g/mol. The van der Waals surface area contributed by atoms with Crippen molar-refractivity contribution in [3.8, 4) is 0 Å². The van der Waals surface area contributed by atoms with Crippen LogP contribution in [0.15, 0.2) is 30.5 Å². The molecule has 0 saturated carbocycles. The van der Waals surface area contributed by atoms with Crippen LogP contribution in [0.2, 0.25) is 0 Å². The Labute approximate surface area is 130 Å². The van der Waals surface area contributed by atoms with Crippen molar-refractivity contribution in [1.82, 2.24) is 9.71 Å². The quantitative estimate of drug-likeness (QED) is 0.844. The molecule has 1 heterocycles. The number of pyridine rings is 1. The molecule has 0 fully saturated rings. The second-order valence-electron chi connectivity index (χ2n) is 4.90. The molecule has 0 aliphatic heterocycles. The Balaban J connectivity index is 2.22. The maximum Gasteiger partial charge on any atom is 0.416 e. The van der Waals surface area contributed by atoms with Crippen LogP contribution in [0.5, 0.6) is 0 Å². The minimum absolute atomic E-state index is 0.209. The van der Waals surface area contributed by atoms with Gasteiger partial charge in [-0.2, -0.15) is 13.2 Å². The van der Waals surface area contributed by atoms with E-state index in [1.807, 2.05) is 13.8 Å². The standard InChI is InChI=1S/C15H15F3N2OS/c1-3-9(2)22-20-14(21)11-6-10-4-5-12(15(16,17)18)7-13(10)19-8-11/h4-9H,3H2,1-2H3,(H,20,21). The van der Waals surface area contributed by atoms with Crippen molar-refractivity contribution >= 4 is 28.8 Å². The monoisotopic (exact) mass is 328 g/mol. The van der Waals surface area contributed by atoms with Gasteiger partial charge in [0.2, 0.25) is 0 Å². The third-order valence-corrected chi connectivity index (χ3v) is 4.24. The van der Waals surface area contributed by atoms with Crippen LogP contribution in [0.25, 0.3) is 10.9 Å². The SMILES string of the molecule is CCC(C)SNC(=O)c1cnc2cc(C(F)(F)F)ccc2c1. The van der Waals surface area contributed by atoms with E-state index < -0.39 is 11.7 Å². The summed E-state index contributed by atoms with van der Waals surface area (Å²) in [6.45, 7) is 4.00. The van der Waals surface area contributed by atoms with Crippen molar-refractivity contribution in [2.75, 3.05) is 0 Å². The number of hydrogen-bond donors (Lipinski definition) is 1. The third kappa shape index (κ3) is 3.91. The number of rotatable bonds is 4. The Hall–Kier alpha value is -1.76. The van der Waals surface area contributed by atoms with Crippen LogP contribution in [-0.2, 0) is 6.18 Å². The Morgan fingerprint density at radius 1 is 1.36 bits per heavy atom. The number of fused-ring (bicyclic) bond motifs is 1. The Morgan fingerprint density at radius 3 is 2.73 bits per heavy atom. The van der Waals surface area contributed by atoms with E-state index >= 15 is 0 Å². The summed E-state index contributed by atoms with van der Waals surface area (Å²) >= 11 is 1.31. The maximum absolute atomic E-state index is 12.6. The molecule has 1 amide bonds. The van der Waals surface area contributed by atoms with Gasteiger partial charge >= 0.3 is 6.18 Å². The molecule has 3 nitrogen and oxygen atoms in total. The molecule has 1 unspecified atom stereocenters. The van der Waals surface area contributed by atoms with Crippen molar-refractivity contribution in [1.29, 1.82) is 0 Å². The first-order valence-electron chi connectivity index (χ1n) is 6.74. The fraction of sp³-hybridized carbons (Fsp3) is 0.333. The van der Waals surface area contributed by atoms with Gasteiger partial charge in [0.25, 0.3) is 5.91 Å². The third-order valence-electron chi connectivity index (χ3n) is 3.20. The van der Waals surface area contributed by atoms with Gasteiger partial charge in [-0.15, -0.1) is 0 Å². The van der Waals surface area contributed by atoms with Crippen LogP contribution >= 0.6 is 11.9 Å². The van der Waals surface area contributed by atoms with Gasteiger partial charge in [-0.3, -0.25) is 14.5 Å². The highest BCUT2D eigenvalue weighted by atomic mass is 32.2. The van der Waals surface area contributed by atoms with Crippen molar-refractivity contribution in [3.05, 3.63) is 41.6 Å². The molecule has 0 spiro atoms. The van der Waals surface area contributed by atoms with Gasteiger partial charge in [0.1, 0.15) is 0 Å². The normalized spacial score (nSPS) is 13.1. The number of carbonyl (C=O) groups excluding carboxylic acids is 1. The lowest BCUT2D eigenvalue weighted by molar-refractivity contribution is -0.137. The zero-order valence-corrected chi connectivity index (χ0v) is 12.9. The number of aromatic nitrogens is 1. The van der Waals surface area contributed by atoms with Gasteiger partial charge in [0.15, 0.2) is 0 Å². The van der Waals surface area contributed by atoms with E-state index in [4.69, 9.17) is 0 Å². The highest BCUT2D eigenvalue weighted by Crippen LogP contribution is 2.31. The predicted molar refractivity (Wildman–Crippen MR) is 81.6 cm³/mol. The zero-order chi connectivity index (χ0) is 16.3. The Bertz CT molecular complexity index is 688. The van der Waals surface area contributed by atoms with Gasteiger partial charge in [0, 0.05) is 16.8 Å². The van der Waals surface area contributed by atoms with Crippen molar-refractivity contribution < 1.29 is 18.0 Å². The molecular formula is C15H15F3N2OS. The van der Waals surface area contributed by atoms with E-state index in [1.165, 1.54) is 30.3 Å². The van der Waals surface area contributed by atoms with E-state index in [2.05, 4.69) is 9.71 Å². The first-order valence-corrected chi connectivity index (χ1v) is 7.62. The number of benzene rings is 1. The Kier molecular flexibility index (Phi) is 4.95. The zero-order valence-electron chi connectivity index (χ0n) is 12.1. The first-order chi connectivity index (χ1) is 10.3. The lowest BCUT2D eigenvalue weighted by Gasteiger charge is -2.10. The number of hydrogen-bond acceptors (Lipinski definition) is 3. The summed E-state index contributed by atoms with van der Waals surface area (Å²) in [5, 5.41) is 0.779. The van der Waals surface area contributed by atoms with Gasteiger partial charge in [-0.1, -0.05) is 19.9 Å². The van der Waals surface area contributed by atoms with Gasteiger partial charge < -0.3 is 0 Å². The second kappa shape index (κ2) is 6.56. The molecule has 2 aromatic rings. The van der Waals surface area contributed by atoms with E-state index in [-0.39, 0.29) is 16.7 Å². The number of nitrogens with zero attached hydrogens (tertiary/aromatic N) is 1. The molecule has 22 heavy (non-hydrogen) atoms. The number of amides is 1. The van der Waals surface area contributed by atoms with Gasteiger partial charge in [-0.25, -0.2) is 0 Å². The topological polar surface area (TPSA) is 42.0 Å². The maximum atomic E-state index is 12.6. The fourth-order valence-corrected chi connectivity index (χ4v) is 2.31. The predicted octanol–water partition coefficient (Wildman–Crippen LogP) is 4.43. The summed E-state index contributed by atoms with van der Waals surface area (Å²) in [4.78, 5) is 15.9. The summed E-state index contributed by atoms with van der Waals surface area (Å²) < 4.78 is 40.6. The largest absolute Gasteiger partial charge is 0.416 e. The van der Waals surface area contributed by atoms with Gasteiger partial charge in [0.05, 0.1) is 16.6 Å². The van der Waals surface area contributed by atoms with Crippen molar-refractivity contribution in [2.45, 2.75) is 31.7 Å². The minimum atomic E-state index is -4.40. The summed E-state index contributed by atoms with van der Waals surface area (Å²) in [5.74, 6) is -0.306. The highest BCUT2D eigenvalue weighted by Gasteiger charge is 2.30. The average Bonchev–Trinajstić information content (AvgIpc) is 2.50. The van der Waals surface area contributed by atoms with Gasteiger partial charge in [-0.05, 0) is 36.6 Å². The second-order valence-corrected chi connectivity index (χ2v) is 6.14. The number of alkyl halides is 3. The summed E-state index contributed by atoms with van der Waals surface area (Å²) in [5.41, 5.74) is -0.221. The molecule has 0 bridgehead atoms. The smallest absolute Gasteiger partial charge is 0.296 e. The van der Waals surface area contributed by atoms with Crippen LogP contribution in [-0.4, -0.2) is 16.1 Å². The Morgan fingerprint density at radius 2 is 2.09 bits per heavy atom. The molecule has 2 rings (SSSR count). The van der Waals surface area contributed by atoms with Crippen molar-refractivity contribution in [3.63, 3.8) is 0 Å². The molecule has 7 heteroatoms. The summed E-state index contributed by atoms with van der Waals surface area (Å²) in [6.07, 6.45) is -2.20. The van der Waals surface area contributed by atoms with Crippen LogP contribution in [0.3, 0.4) is 0 Å². The van der Waals surface area contributed by atoms with E-state index in [9.17, 15) is 18.0 Å². The lowest BCUT2D eigenvalue weighted by Crippen LogP contribution is -2.19. The molecule has 118 valence electrons. The van der Waals surface area contributed by atoms with Crippen LogP contribution in [0.4, 0.5) is 13.2 Å². The summed E-state index contributed by atoms with van der Waals surface area (Å²) in [6, 6.07) is 4.82.